The van der Waals surface area contributed by atoms with Crippen LogP contribution in [0.5, 0.6) is 0 Å². The summed E-state index contributed by atoms with van der Waals surface area (Å²) in [4.78, 5) is 17.9. The average Bonchev–Trinajstić information content (AvgIpc) is 3.18. The zero-order chi connectivity index (χ0) is 20.5. The highest BCUT2D eigenvalue weighted by Gasteiger charge is 2.33. The largest absolute Gasteiger partial charge is 0.384 e. The number of para-hydroxylation sites is 1. The summed E-state index contributed by atoms with van der Waals surface area (Å²) >= 11 is 0. The van der Waals surface area contributed by atoms with E-state index in [4.69, 9.17) is 4.52 Å². The van der Waals surface area contributed by atoms with Crippen LogP contribution in [0.25, 0.3) is 0 Å². The van der Waals surface area contributed by atoms with E-state index in [0.29, 0.717) is 25.0 Å². The number of aryl methyl sites for hydroxylation is 3. The summed E-state index contributed by atoms with van der Waals surface area (Å²) in [6.07, 6.45) is 3.83. The molecule has 1 fully saturated rings. The molecule has 29 heavy (non-hydrogen) atoms. The van der Waals surface area contributed by atoms with Gasteiger partial charge in [0.15, 0.2) is 0 Å². The predicted molar refractivity (Wildman–Crippen MR) is 114 cm³/mol. The van der Waals surface area contributed by atoms with Crippen molar-refractivity contribution in [3.05, 3.63) is 46.3 Å². The summed E-state index contributed by atoms with van der Waals surface area (Å²) in [5.74, 6) is 0.882. The molecule has 4 rings (SSSR count). The van der Waals surface area contributed by atoms with Gasteiger partial charge in [-0.1, -0.05) is 23.4 Å². The van der Waals surface area contributed by atoms with Gasteiger partial charge in [-0.15, -0.1) is 0 Å². The van der Waals surface area contributed by atoms with Crippen LogP contribution < -0.4 is 5.32 Å². The van der Waals surface area contributed by atoms with Crippen molar-refractivity contribution in [2.75, 3.05) is 25.5 Å². The zero-order valence-corrected chi connectivity index (χ0v) is 18.0. The first-order chi connectivity index (χ1) is 13.9. The average molecular weight is 397 g/mol. The van der Waals surface area contributed by atoms with Gasteiger partial charge >= 0.3 is 0 Å². The normalized spacial score (nSPS) is 22.7. The fraction of sp³-hybridized carbons (Fsp3) is 0.565. The second kappa shape index (κ2) is 8.19. The van der Waals surface area contributed by atoms with Crippen LogP contribution in [0.1, 0.15) is 47.4 Å². The maximum Gasteiger partial charge on any atom is 0.227 e. The molecule has 2 unspecified atom stereocenters. The first-order valence-electron chi connectivity index (χ1n) is 10.7. The summed E-state index contributed by atoms with van der Waals surface area (Å²) < 4.78 is 5.28. The summed E-state index contributed by atoms with van der Waals surface area (Å²) in [5.41, 5.74) is 5.34. The number of hydrogen-bond acceptors (Lipinski definition) is 5. The third-order valence-corrected chi connectivity index (χ3v) is 6.78. The van der Waals surface area contributed by atoms with E-state index in [1.165, 1.54) is 23.2 Å². The minimum absolute atomic E-state index is 0.142. The molecule has 0 radical (unpaired) electrons. The van der Waals surface area contributed by atoms with Gasteiger partial charge in [0, 0.05) is 43.0 Å². The highest BCUT2D eigenvalue weighted by atomic mass is 16.5. The van der Waals surface area contributed by atoms with E-state index in [0.717, 1.165) is 42.9 Å². The molecule has 1 aromatic heterocycles. The number of fused-ring (bicyclic) bond motifs is 3. The molecular formula is C23H32N4O2. The number of hydrogen-bond donors (Lipinski definition) is 1. The van der Waals surface area contributed by atoms with E-state index in [-0.39, 0.29) is 5.91 Å². The van der Waals surface area contributed by atoms with Gasteiger partial charge in [0.2, 0.25) is 5.91 Å². The Balaban J connectivity index is 1.65. The van der Waals surface area contributed by atoms with Crippen molar-refractivity contribution >= 4 is 11.6 Å². The molecule has 3 heterocycles. The number of nitrogens with one attached hydrogen (secondary N) is 1. The quantitative estimate of drug-likeness (QED) is 0.842. The van der Waals surface area contributed by atoms with Crippen LogP contribution in [0.4, 0.5) is 5.69 Å². The summed E-state index contributed by atoms with van der Waals surface area (Å²) in [6.45, 7) is 8.29. The van der Waals surface area contributed by atoms with E-state index in [1.807, 2.05) is 18.7 Å². The Morgan fingerprint density at radius 3 is 2.76 bits per heavy atom. The molecule has 6 heteroatoms. The number of carbonyl (C=O) groups excluding carboxylic acids is 1. The number of aromatic nitrogens is 1. The van der Waals surface area contributed by atoms with Crippen molar-refractivity contribution in [2.45, 2.75) is 65.1 Å². The van der Waals surface area contributed by atoms with E-state index >= 15 is 0 Å². The van der Waals surface area contributed by atoms with Crippen molar-refractivity contribution in [3.63, 3.8) is 0 Å². The van der Waals surface area contributed by atoms with Crippen LogP contribution in [-0.2, 0) is 17.8 Å². The SMILES string of the molecule is Cc1cccc2c1NCCC1CCC(CN(C(=O)Cc3c(C)noc3C)C2)N1C. The topological polar surface area (TPSA) is 61.6 Å². The lowest BCUT2D eigenvalue weighted by molar-refractivity contribution is -0.131. The van der Waals surface area contributed by atoms with Gasteiger partial charge in [-0.2, -0.15) is 0 Å². The first-order valence-corrected chi connectivity index (χ1v) is 10.7. The van der Waals surface area contributed by atoms with Gasteiger partial charge in [-0.25, -0.2) is 0 Å². The van der Waals surface area contributed by atoms with Crippen LogP contribution in [0.3, 0.4) is 0 Å². The van der Waals surface area contributed by atoms with Gasteiger partial charge in [-0.05, 0) is 58.2 Å². The van der Waals surface area contributed by atoms with Crippen LogP contribution >= 0.6 is 0 Å². The van der Waals surface area contributed by atoms with E-state index in [1.54, 1.807) is 0 Å². The molecule has 1 amide bonds. The Labute approximate surface area is 173 Å². The number of likely N-dealkylation sites (N-methyl/N-ethyl adjacent to an activating group) is 1. The molecule has 2 atom stereocenters. The van der Waals surface area contributed by atoms with E-state index in [9.17, 15) is 4.79 Å². The molecule has 0 aliphatic carbocycles. The van der Waals surface area contributed by atoms with Gasteiger partial charge in [-0.3, -0.25) is 9.69 Å². The van der Waals surface area contributed by atoms with Crippen molar-refractivity contribution in [2.24, 2.45) is 0 Å². The third-order valence-electron chi connectivity index (χ3n) is 6.78. The lowest BCUT2D eigenvalue weighted by Gasteiger charge is -2.31. The number of benzene rings is 1. The molecule has 0 saturated carbocycles. The Hall–Kier alpha value is -2.34. The molecule has 2 aliphatic heterocycles. The fourth-order valence-corrected chi connectivity index (χ4v) is 4.87. The van der Waals surface area contributed by atoms with Gasteiger partial charge in [0.25, 0.3) is 0 Å². The Kier molecular flexibility index (Phi) is 5.63. The molecule has 2 aromatic rings. The van der Waals surface area contributed by atoms with Gasteiger partial charge < -0.3 is 14.7 Å². The monoisotopic (exact) mass is 396 g/mol. The molecule has 2 aliphatic rings. The smallest absolute Gasteiger partial charge is 0.227 e. The second-order valence-corrected chi connectivity index (χ2v) is 8.63. The summed E-state index contributed by atoms with van der Waals surface area (Å²) in [5, 5.41) is 7.69. The summed E-state index contributed by atoms with van der Waals surface area (Å²) in [7, 11) is 2.22. The predicted octanol–water partition coefficient (Wildman–Crippen LogP) is 3.45. The second-order valence-electron chi connectivity index (χ2n) is 8.63. The Bertz CT molecular complexity index is 871. The Morgan fingerprint density at radius 1 is 1.21 bits per heavy atom. The number of nitrogens with zero attached hydrogens (tertiary/aromatic N) is 3. The van der Waals surface area contributed by atoms with Crippen LogP contribution in [0, 0.1) is 20.8 Å². The molecule has 6 nitrogen and oxygen atoms in total. The highest BCUT2D eigenvalue weighted by Crippen LogP contribution is 2.29. The molecular weight excluding hydrogens is 364 g/mol. The maximum atomic E-state index is 13.4. The van der Waals surface area contributed by atoms with Crippen molar-refractivity contribution in [3.8, 4) is 0 Å². The van der Waals surface area contributed by atoms with Gasteiger partial charge in [0.05, 0.1) is 12.1 Å². The van der Waals surface area contributed by atoms with Crippen molar-refractivity contribution in [1.82, 2.24) is 15.0 Å². The van der Waals surface area contributed by atoms with E-state index in [2.05, 4.69) is 47.5 Å². The number of carbonyl (C=O) groups is 1. The minimum atomic E-state index is 0.142. The number of rotatable bonds is 2. The lowest BCUT2D eigenvalue weighted by Crippen LogP contribution is -2.43. The molecule has 0 spiro atoms. The van der Waals surface area contributed by atoms with Crippen molar-refractivity contribution in [1.29, 1.82) is 0 Å². The zero-order valence-electron chi connectivity index (χ0n) is 18.0. The standard InChI is InChI=1S/C23H32N4O2/c1-15-6-5-7-18-13-27(22(28)12-21-16(2)25-29-17(21)3)14-20-9-8-19(26(20)4)10-11-24-23(15)18/h5-7,19-20,24H,8-14H2,1-4H3. The van der Waals surface area contributed by atoms with Gasteiger partial charge in [0.1, 0.15) is 5.76 Å². The molecule has 2 bridgehead atoms. The van der Waals surface area contributed by atoms with Crippen LogP contribution in [0.2, 0.25) is 0 Å². The van der Waals surface area contributed by atoms with Crippen molar-refractivity contribution < 1.29 is 9.32 Å². The minimum Gasteiger partial charge on any atom is -0.384 e. The van der Waals surface area contributed by atoms with E-state index < -0.39 is 0 Å². The maximum absolute atomic E-state index is 13.4. The molecule has 1 saturated heterocycles. The summed E-state index contributed by atoms with van der Waals surface area (Å²) in [6, 6.07) is 7.37. The third kappa shape index (κ3) is 4.04. The Morgan fingerprint density at radius 2 is 2.00 bits per heavy atom. The number of anilines is 1. The number of amides is 1. The van der Waals surface area contributed by atoms with Crippen LogP contribution in [-0.4, -0.2) is 53.1 Å². The fourth-order valence-electron chi connectivity index (χ4n) is 4.87. The molecule has 1 N–H and O–H groups in total. The molecule has 156 valence electrons. The highest BCUT2D eigenvalue weighted by molar-refractivity contribution is 5.79. The van der Waals surface area contributed by atoms with Crippen LogP contribution in [0.15, 0.2) is 22.7 Å². The lowest BCUT2D eigenvalue weighted by atomic mass is 10.0. The first kappa shape index (κ1) is 20.0. The molecule has 1 aromatic carbocycles.